The predicted octanol–water partition coefficient (Wildman–Crippen LogP) is 4.77. The van der Waals surface area contributed by atoms with Crippen LogP contribution in [0.2, 0.25) is 5.04 Å². The zero-order chi connectivity index (χ0) is 25.0. The highest BCUT2D eigenvalue weighted by Gasteiger charge is 2.67. The molecule has 0 amide bonds. The minimum Gasteiger partial charge on any atom is -0.407 e. The van der Waals surface area contributed by atoms with Crippen molar-refractivity contribution >= 4 is 18.7 Å². The van der Waals surface area contributed by atoms with E-state index in [1.165, 1.54) is 10.4 Å². The lowest BCUT2D eigenvalue weighted by atomic mass is 9.96. The van der Waals surface area contributed by atoms with Crippen LogP contribution in [0.25, 0.3) is 0 Å². The highest BCUT2D eigenvalue weighted by molar-refractivity contribution is 6.99. The van der Waals surface area contributed by atoms with Gasteiger partial charge < -0.3 is 23.4 Å². The van der Waals surface area contributed by atoms with Gasteiger partial charge in [0.2, 0.25) is 5.79 Å². The van der Waals surface area contributed by atoms with E-state index in [9.17, 15) is 0 Å². The van der Waals surface area contributed by atoms with Gasteiger partial charge >= 0.3 is 0 Å². The van der Waals surface area contributed by atoms with E-state index in [0.717, 1.165) is 32.1 Å². The Labute approximate surface area is 216 Å². The van der Waals surface area contributed by atoms with Crippen LogP contribution in [0.3, 0.4) is 0 Å². The second-order valence-corrected chi connectivity index (χ2v) is 16.5. The Balaban J connectivity index is 1.19. The molecule has 6 rings (SSSR count). The van der Waals surface area contributed by atoms with Crippen LogP contribution in [0.4, 0.5) is 0 Å². The summed E-state index contributed by atoms with van der Waals surface area (Å²) in [5.74, 6) is -0.736. The van der Waals surface area contributed by atoms with Gasteiger partial charge in [0.15, 0.2) is 5.79 Å². The van der Waals surface area contributed by atoms with Gasteiger partial charge in [0.25, 0.3) is 8.32 Å². The molecule has 0 aromatic heterocycles. The number of fused-ring (bicyclic) bond motifs is 2. The van der Waals surface area contributed by atoms with Gasteiger partial charge in [-0.25, -0.2) is 0 Å². The average molecular weight is 509 g/mol. The molecule has 4 aliphatic heterocycles. The topological polar surface area (TPSA) is 49.5 Å². The standard InChI is InChI=1S/C30H40O5Si/c1-22-21-29(17-18-30(35-29)27-26(33-27)15-19-31-30)34-25(22)16-20-32-36(28(2,3)4,23-11-7-5-8-12-23)24-13-9-6-10-14-24/h5-14,22,25-27H,15-21H2,1-4H3/t22-,25-,26+,27+,29?,30?/m1/s1. The van der Waals surface area contributed by atoms with Gasteiger partial charge in [-0.2, -0.15) is 0 Å². The molecule has 4 saturated heterocycles. The number of rotatable bonds is 6. The Kier molecular flexibility index (Phi) is 6.22. The summed E-state index contributed by atoms with van der Waals surface area (Å²) in [6, 6.07) is 21.7. The molecular formula is C30H40O5Si. The first-order valence-corrected chi connectivity index (χ1v) is 15.6. The summed E-state index contributed by atoms with van der Waals surface area (Å²) < 4.78 is 32.5. The smallest absolute Gasteiger partial charge is 0.261 e. The van der Waals surface area contributed by atoms with Crippen LogP contribution >= 0.6 is 0 Å². The summed E-state index contributed by atoms with van der Waals surface area (Å²) in [5, 5.41) is 2.60. The molecule has 0 N–H and O–H groups in total. The zero-order valence-corrected chi connectivity index (χ0v) is 23.1. The number of benzene rings is 2. The fourth-order valence-corrected chi connectivity index (χ4v) is 11.6. The molecule has 0 aliphatic carbocycles. The first-order valence-electron chi connectivity index (χ1n) is 13.7. The van der Waals surface area contributed by atoms with Crippen molar-refractivity contribution in [1.29, 1.82) is 0 Å². The fraction of sp³-hybridized carbons (Fsp3) is 0.600. The predicted molar refractivity (Wildman–Crippen MR) is 142 cm³/mol. The minimum atomic E-state index is -2.54. The third-order valence-corrected chi connectivity index (χ3v) is 13.8. The summed E-state index contributed by atoms with van der Waals surface area (Å²) in [5.41, 5.74) is 0. The lowest BCUT2D eigenvalue weighted by Gasteiger charge is -2.43. The van der Waals surface area contributed by atoms with Crippen molar-refractivity contribution in [3.8, 4) is 0 Å². The Hall–Kier alpha value is -1.54. The number of ether oxygens (including phenoxy) is 4. The van der Waals surface area contributed by atoms with Crippen molar-refractivity contribution in [3.63, 3.8) is 0 Å². The maximum Gasteiger partial charge on any atom is 0.261 e. The molecule has 6 atom stereocenters. The minimum absolute atomic E-state index is 0.0286. The summed E-state index contributed by atoms with van der Waals surface area (Å²) in [4.78, 5) is 0. The van der Waals surface area contributed by atoms with Crippen molar-refractivity contribution in [1.82, 2.24) is 0 Å². The molecule has 2 aromatic rings. The van der Waals surface area contributed by atoms with Crippen LogP contribution in [-0.4, -0.2) is 51.4 Å². The Morgan fingerprint density at radius 2 is 1.64 bits per heavy atom. The number of hydrogen-bond donors (Lipinski definition) is 0. The van der Waals surface area contributed by atoms with Gasteiger partial charge in [0.05, 0.1) is 18.8 Å². The highest BCUT2D eigenvalue weighted by atomic mass is 28.4. The molecular weight excluding hydrogens is 468 g/mol. The molecule has 36 heavy (non-hydrogen) atoms. The Morgan fingerprint density at radius 3 is 2.28 bits per heavy atom. The van der Waals surface area contributed by atoms with E-state index < -0.39 is 19.9 Å². The molecule has 5 nitrogen and oxygen atoms in total. The maximum atomic E-state index is 7.13. The van der Waals surface area contributed by atoms with E-state index >= 15 is 0 Å². The number of epoxide rings is 1. The van der Waals surface area contributed by atoms with Gasteiger partial charge in [-0.1, -0.05) is 88.4 Å². The highest BCUT2D eigenvalue weighted by Crippen LogP contribution is 2.55. The van der Waals surface area contributed by atoms with E-state index in [2.05, 4.69) is 88.4 Å². The summed E-state index contributed by atoms with van der Waals surface area (Å²) >= 11 is 0. The van der Waals surface area contributed by atoms with Crippen LogP contribution in [0.1, 0.15) is 59.8 Å². The first kappa shape index (κ1) is 24.8. The molecule has 4 heterocycles. The molecule has 2 aromatic carbocycles. The van der Waals surface area contributed by atoms with Crippen LogP contribution in [-0.2, 0) is 23.4 Å². The first-order chi connectivity index (χ1) is 17.3. The van der Waals surface area contributed by atoms with Crippen molar-refractivity contribution < 1.29 is 23.4 Å². The zero-order valence-electron chi connectivity index (χ0n) is 22.1. The lowest BCUT2D eigenvalue weighted by Crippen LogP contribution is -2.66. The molecule has 0 saturated carbocycles. The molecule has 4 aliphatic rings. The van der Waals surface area contributed by atoms with Gasteiger partial charge in [-0.15, -0.1) is 0 Å². The number of hydrogen-bond acceptors (Lipinski definition) is 5. The maximum absolute atomic E-state index is 7.13. The molecule has 2 unspecified atom stereocenters. The monoisotopic (exact) mass is 508 g/mol. The SMILES string of the molecule is C[C@@H]1CC2(CCC3(OCC[C@@H]4O[C@@H]43)O2)O[C@@H]1CCO[Si](c1ccccc1)(c1ccccc1)C(C)(C)C. The van der Waals surface area contributed by atoms with Gasteiger partial charge in [0, 0.05) is 25.9 Å². The van der Waals surface area contributed by atoms with Crippen molar-refractivity contribution in [2.45, 2.75) is 94.7 Å². The van der Waals surface area contributed by atoms with Crippen LogP contribution in [0.5, 0.6) is 0 Å². The van der Waals surface area contributed by atoms with E-state index in [-0.39, 0.29) is 17.2 Å². The van der Waals surface area contributed by atoms with E-state index in [4.69, 9.17) is 23.4 Å². The quantitative estimate of drug-likeness (QED) is 0.416. The largest absolute Gasteiger partial charge is 0.407 e. The van der Waals surface area contributed by atoms with Crippen molar-refractivity contribution in [2.24, 2.45) is 5.92 Å². The lowest BCUT2D eigenvalue weighted by molar-refractivity contribution is -0.322. The third-order valence-electron chi connectivity index (χ3n) is 8.75. The molecule has 4 fully saturated rings. The summed E-state index contributed by atoms with van der Waals surface area (Å²) in [6.07, 6.45) is 4.96. The van der Waals surface area contributed by atoms with E-state index in [1.54, 1.807) is 0 Å². The van der Waals surface area contributed by atoms with E-state index in [0.29, 0.717) is 25.2 Å². The van der Waals surface area contributed by atoms with Crippen molar-refractivity contribution in [2.75, 3.05) is 13.2 Å². The second-order valence-electron chi connectivity index (χ2n) is 12.2. The molecule has 0 bridgehead atoms. The van der Waals surface area contributed by atoms with E-state index in [1.807, 2.05) is 0 Å². The van der Waals surface area contributed by atoms with Gasteiger partial charge in [-0.3, -0.25) is 0 Å². The van der Waals surface area contributed by atoms with Crippen LogP contribution < -0.4 is 10.4 Å². The molecule has 6 heteroatoms. The Morgan fingerprint density at radius 1 is 0.972 bits per heavy atom. The summed E-state index contributed by atoms with van der Waals surface area (Å²) in [7, 11) is -2.54. The second kappa shape index (κ2) is 9.04. The third kappa shape index (κ3) is 4.10. The van der Waals surface area contributed by atoms with Gasteiger partial charge in [-0.05, 0) is 34.2 Å². The molecule has 0 radical (unpaired) electrons. The normalized spacial score (nSPS) is 35.9. The molecule has 2 spiro atoms. The van der Waals surface area contributed by atoms with Crippen LogP contribution in [0, 0.1) is 5.92 Å². The van der Waals surface area contributed by atoms with Gasteiger partial charge in [0.1, 0.15) is 6.10 Å². The average Bonchev–Trinajstić information content (AvgIpc) is 3.51. The van der Waals surface area contributed by atoms with Crippen LogP contribution in [0.15, 0.2) is 60.7 Å². The van der Waals surface area contributed by atoms with Crippen molar-refractivity contribution in [3.05, 3.63) is 60.7 Å². The molecule has 194 valence electrons. The fourth-order valence-electron chi connectivity index (χ4n) is 6.98. The Bertz CT molecular complexity index is 1020. The summed E-state index contributed by atoms with van der Waals surface area (Å²) in [6.45, 7) is 10.6.